The maximum atomic E-state index is 5.38. The summed E-state index contributed by atoms with van der Waals surface area (Å²) >= 11 is 0. The number of benzene rings is 9. The minimum Gasteiger partial charge on any atom is -0.309 e. The lowest BCUT2D eigenvalue weighted by atomic mass is 9.88. The molecular weight excluding hydrogens is 665 g/mol. The third kappa shape index (κ3) is 5.15. The predicted molar refractivity (Wildman–Crippen MR) is 233 cm³/mol. The Morgan fingerprint density at radius 3 is 1.60 bits per heavy atom. The lowest BCUT2D eigenvalue weighted by molar-refractivity contribution is 1.18. The Morgan fingerprint density at radius 1 is 0.291 bits per heavy atom. The molecule has 0 aliphatic carbocycles. The number of rotatable bonds is 5. The molecule has 256 valence electrons. The Morgan fingerprint density at radius 2 is 0.836 bits per heavy atom. The van der Waals surface area contributed by atoms with E-state index in [4.69, 9.17) is 4.98 Å². The SMILES string of the molecule is c1ccc(-c2cc(-c3ccccc3)nc(-c3cccc4c5ccccc5c5cc(-c6ccc7c8ccccc8n(-c8ccccc8)c7c6)ccc5c34)c2)cc1. The summed E-state index contributed by atoms with van der Waals surface area (Å²) in [6, 6.07) is 74.5. The van der Waals surface area contributed by atoms with Gasteiger partial charge in [-0.05, 0) is 97.0 Å². The maximum absolute atomic E-state index is 5.38. The van der Waals surface area contributed by atoms with E-state index in [1.54, 1.807) is 0 Å². The van der Waals surface area contributed by atoms with Gasteiger partial charge in [0.2, 0.25) is 0 Å². The second-order valence-electron chi connectivity index (χ2n) is 14.3. The van der Waals surface area contributed by atoms with E-state index in [-0.39, 0.29) is 0 Å². The van der Waals surface area contributed by atoms with Crippen molar-refractivity contribution < 1.29 is 0 Å². The zero-order valence-electron chi connectivity index (χ0n) is 30.0. The summed E-state index contributed by atoms with van der Waals surface area (Å²) in [4.78, 5) is 5.38. The molecule has 0 aliphatic heterocycles. The molecule has 55 heavy (non-hydrogen) atoms. The Labute approximate surface area is 319 Å². The van der Waals surface area contributed by atoms with E-state index < -0.39 is 0 Å². The van der Waals surface area contributed by atoms with Crippen LogP contribution in [0.15, 0.2) is 206 Å². The van der Waals surface area contributed by atoms with Crippen LogP contribution >= 0.6 is 0 Å². The standard InChI is InChI=1S/C53H34N2/c1-4-15-35(16-5-1)39-32-49(36-17-6-2-7-18-36)54-50(33-39)47-25-14-24-45-41-21-10-11-22-42(41)48-31-37(28-30-46(48)53(45)47)38-27-29-44-43-23-12-13-26-51(43)55(52(44)34-38)40-19-8-3-9-20-40/h1-34H. The van der Waals surface area contributed by atoms with E-state index in [1.807, 2.05) is 0 Å². The Hall–Kier alpha value is -7.29. The van der Waals surface area contributed by atoms with Gasteiger partial charge in [0.05, 0.1) is 22.4 Å². The highest BCUT2D eigenvalue weighted by atomic mass is 15.0. The summed E-state index contributed by atoms with van der Waals surface area (Å²) in [7, 11) is 0. The van der Waals surface area contributed by atoms with Gasteiger partial charge < -0.3 is 4.57 Å². The fourth-order valence-electron chi connectivity index (χ4n) is 8.63. The number of fused-ring (bicyclic) bond motifs is 9. The quantitative estimate of drug-likeness (QED) is 0.164. The Kier molecular flexibility index (Phi) is 7.21. The van der Waals surface area contributed by atoms with E-state index in [0.717, 1.165) is 33.8 Å². The van der Waals surface area contributed by atoms with Gasteiger partial charge in [-0.15, -0.1) is 0 Å². The van der Waals surface area contributed by atoms with E-state index >= 15 is 0 Å². The number of aromatic nitrogens is 2. The minimum absolute atomic E-state index is 0.963. The van der Waals surface area contributed by atoms with Crippen LogP contribution in [0.4, 0.5) is 0 Å². The second kappa shape index (κ2) is 12.7. The third-order valence-corrected chi connectivity index (χ3v) is 11.2. The first kappa shape index (κ1) is 31.3. The number of para-hydroxylation sites is 2. The van der Waals surface area contributed by atoms with E-state index in [9.17, 15) is 0 Å². The van der Waals surface area contributed by atoms with Crippen LogP contribution in [0.3, 0.4) is 0 Å². The molecule has 0 atom stereocenters. The lowest BCUT2D eigenvalue weighted by Gasteiger charge is -2.16. The van der Waals surface area contributed by atoms with Gasteiger partial charge in [-0.3, -0.25) is 0 Å². The average molecular weight is 699 g/mol. The minimum atomic E-state index is 0.963. The monoisotopic (exact) mass is 698 g/mol. The van der Waals surface area contributed by atoms with Gasteiger partial charge in [0, 0.05) is 27.6 Å². The van der Waals surface area contributed by atoms with E-state index in [2.05, 4.69) is 211 Å². The van der Waals surface area contributed by atoms with Crippen molar-refractivity contribution in [3.05, 3.63) is 206 Å². The molecular formula is C53H34N2. The average Bonchev–Trinajstić information content (AvgIpc) is 3.60. The van der Waals surface area contributed by atoms with Crippen LogP contribution in [0.25, 0.3) is 105 Å². The van der Waals surface area contributed by atoms with Crippen molar-refractivity contribution in [1.29, 1.82) is 0 Å². The van der Waals surface area contributed by atoms with Gasteiger partial charge in [-0.1, -0.05) is 164 Å². The van der Waals surface area contributed by atoms with Crippen LogP contribution in [0.5, 0.6) is 0 Å². The van der Waals surface area contributed by atoms with E-state index in [0.29, 0.717) is 0 Å². The smallest absolute Gasteiger partial charge is 0.0722 e. The summed E-state index contributed by atoms with van der Waals surface area (Å²) in [6.07, 6.45) is 0. The molecule has 0 spiro atoms. The Bertz CT molecular complexity index is 3180. The fourth-order valence-corrected chi connectivity index (χ4v) is 8.63. The van der Waals surface area contributed by atoms with Crippen molar-refractivity contribution in [3.8, 4) is 50.5 Å². The first-order valence-corrected chi connectivity index (χ1v) is 18.9. The lowest BCUT2D eigenvalue weighted by Crippen LogP contribution is -1.94. The van der Waals surface area contributed by atoms with Crippen LogP contribution in [0.2, 0.25) is 0 Å². The molecule has 2 aromatic heterocycles. The predicted octanol–water partition coefficient (Wildman–Crippen LogP) is 14.3. The van der Waals surface area contributed by atoms with Gasteiger partial charge in [0.15, 0.2) is 0 Å². The van der Waals surface area contributed by atoms with Crippen molar-refractivity contribution in [3.63, 3.8) is 0 Å². The molecule has 2 nitrogen and oxygen atoms in total. The highest BCUT2D eigenvalue weighted by Gasteiger charge is 2.18. The van der Waals surface area contributed by atoms with Crippen LogP contribution < -0.4 is 0 Å². The van der Waals surface area contributed by atoms with Gasteiger partial charge in [0.1, 0.15) is 0 Å². The zero-order chi connectivity index (χ0) is 36.3. The molecule has 0 amide bonds. The summed E-state index contributed by atoms with van der Waals surface area (Å²) in [5, 5.41) is 9.92. The summed E-state index contributed by atoms with van der Waals surface area (Å²) in [5.41, 5.74) is 12.4. The van der Waals surface area contributed by atoms with Crippen molar-refractivity contribution >= 4 is 54.1 Å². The molecule has 0 radical (unpaired) electrons. The highest BCUT2D eigenvalue weighted by Crippen LogP contribution is 2.43. The second-order valence-corrected chi connectivity index (χ2v) is 14.3. The molecule has 11 aromatic rings. The number of pyridine rings is 1. The van der Waals surface area contributed by atoms with Gasteiger partial charge in [-0.2, -0.15) is 0 Å². The normalized spacial score (nSPS) is 11.6. The highest BCUT2D eigenvalue weighted by molar-refractivity contribution is 6.28. The van der Waals surface area contributed by atoms with Crippen molar-refractivity contribution in [1.82, 2.24) is 9.55 Å². The van der Waals surface area contributed by atoms with Crippen LogP contribution in [-0.2, 0) is 0 Å². The topological polar surface area (TPSA) is 17.8 Å². The molecule has 0 bridgehead atoms. The number of hydrogen-bond acceptors (Lipinski definition) is 1. The number of nitrogens with zero attached hydrogens (tertiary/aromatic N) is 2. The van der Waals surface area contributed by atoms with E-state index in [1.165, 1.54) is 70.8 Å². The molecule has 0 saturated heterocycles. The van der Waals surface area contributed by atoms with Gasteiger partial charge in [-0.25, -0.2) is 4.98 Å². The van der Waals surface area contributed by atoms with Crippen LogP contribution in [0, 0.1) is 0 Å². The first-order chi connectivity index (χ1) is 27.3. The maximum Gasteiger partial charge on any atom is 0.0722 e. The largest absolute Gasteiger partial charge is 0.309 e. The third-order valence-electron chi connectivity index (χ3n) is 11.2. The van der Waals surface area contributed by atoms with Crippen LogP contribution in [-0.4, -0.2) is 9.55 Å². The fraction of sp³-hybridized carbons (Fsp3) is 0. The molecule has 0 fully saturated rings. The van der Waals surface area contributed by atoms with Crippen LogP contribution in [0.1, 0.15) is 0 Å². The van der Waals surface area contributed by atoms with Crippen molar-refractivity contribution in [2.24, 2.45) is 0 Å². The molecule has 0 N–H and O–H groups in total. The van der Waals surface area contributed by atoms with Gasteiger partial charge in [0.25, 0.3) is 0 Å². The first-order valence-electron chi connectivity index (χ1n) is 18.9. The molecule has 9 aromatic carbocycles. The summed E-state index contributed by atoms with van der Waals surface area (Å²) in [6.45, 7) is 0. The summed E-state index contributed by atoms with van der Waals surface area (Å²) < 4.78 is 2.39. The number of hydrogen-bond donors (Lipinski definition) is 0. The van der Waals surface area contributed by atoms with Crippen molar-refractivity contribution in [2.45, 2.75) is 0 Å². The zero-order valence-corrected chi connectivity index (χ0v) is 30.0. The van der Waals surface area contributed by atoms with Crippen molar-refractivity contribution in [2.75, 3.05) is 0 Å². The molecule has 2 heteroatoms. The molecule has 0 unspecified atom stereocenters. The molecule has 0 saturated carbocycles. The Balaban J connectivity index is 1.16. The molecule has 2 heterocycles. The molecule has 0 aliphatic rings. The van der Waals surface area contributed by atoms with Gasteiger partial charge >= 0.3 is 0 Å². The molecule has 11 rings (SSSR count). The summed E-state index contributed by atoms with van der Waals surface area (Å²) in [5.74, 6) is 0.